The number of aryl methyl sites for hydroxylation is 2. The quantitative estimate of drug-likeness (QED) is 0.834. The summed E-state index contributed by atoms with van der Waals surface area (Å²) in [6, 6.07) is 2.35. The summed E-state index contributed by atoms with van der Waals surface area (Å²) in [7, 11) is 1.92. The Morgan fingerprint density at radius 1 is 1.29 bits per heavy atom. The van der Waals surface area contributed by atoms with Gasteiger partial charge in [0.1, 0.15) is 17.5 Å². The van der Waals surface area contributed by atoms with Crippen LogP contribution in [0, 0.1) is 11.3 Å². The van der Waals surface area contributed by atoms with E-state index >= 15 is 0 Å². The van der Waals surface area contributed by atoms with Gasteiger partial charge in [0.2, 0.25) is 5.91 Å². The average Bonchev–Trinajstić information content (AvgIpc) is 2.90. The molecule has 0 aromatic carbocycles. The summed E-state index contributed by atoms with van der Waals surface area (Å²) >= 11 is 0. The molecule has 0 bridgehead atoms. The summed E-state index contributed by atoms with van der Waals surface area (Å²) in [5, 5.41) is 14.2. The van der Waals surface area contributed by atoms with Crippen molar-refractivity contribution >= 4 is 11.7 Å². The van der Waals surface area contributed by atoms with E-state index in [1.165, 1.54) is 19.3 Å². The van der Waals surface area contributed by atoms with Gasteiger partial charge in [-0.3, -0.25) is 9.48 Å². The minimum Gasteiger partial charge on any atom is -0.352 e. The van der Waals surface area contributed by atoms with Gasteiger partial charge in [0.25, 0.3) is 0 Å². The second-order valence-corrected chi connectivity index (χ2v) is 7.11. The number of carbonyl (C=O) groups excluding carboxylic acids is 1. The van der Waals surface area contributed by atoms with E-state index in [4.69, 9.17) is 0 Å². The molecule has 2 aliphatic rings. The first-order valence-corrected chi connectivity index (χ1v) is 9.01. The predicted molar refractivity (Wildman–Crippen MR) is 92.7 cm³/mol. The molecule has 2 fully saturated rings. The first-order chi connectivity index (χ1) is 11.5. The first-order valence-electron chi connectivity index (χ1n) is 9.01. The van der Waals surface area contributed by atoms with Crippen LogP contribution in [0.25, 0.3) is 0 Å². The largest absolute Gasteiger partial charge is 0.352 e. The first kappa shape index (κ1) is 16.8. The summed E-state index contributed by atoms with van der Waals surface area (Å²) in [5.74, 6) is 1.10. The molecule has 0 unspecified atom stereocenters. The van der Waals surface area contributed by atoms with Crippen molar-refractivity contribution < 1.29 is 4.79 Å². The fourth-order valence-corrected chi connectivity index (χ4v) is 4.58. The lowest BCUT2D eigenvalue weighted by Gasteiger charge is -2.53. The molecule has 1 aliphatic heterocycles. The molecule has 0 N–H and O–H groups in total. The third-order valence-corrected chi connectivity index (χ3v) is 5.65. The normalized spacial score (nSPS) is 20.2. The Hall–Kier alpha value is -2.03. The number of aromatic nitrogens is 2. The Labute approximate surface area is 144 Å². The van der Waals surface area contributed by atoms with Gasteiger partial charge in [-0.15, -0.1) is 0 Å². The highest BCUT2D eigenvalue weighted by Crippen LogP contribution is 2.38. The van der Waals surface area contributed by atoms with Crippen LogP contribution in [0.4, 0.5) is 5.82 Å². The monoisotopic (exact) mass is 329 g/mol. The molecule has 6 nitrogen and oxygen atoms in total. The van der Waals surface area contributed by atoms with Crippen molar-refractivity contribution in [3.8, 4) is 6.07 Å². The van der Waals surface area contributed by atoms with Gasteiger partial charge >= 0.3 is 0 Å². The molecule has 1 aliphatic carbocycles. The Morgan fingerprint density at radius 3 is 2.58 bits per heavy atom. The summed E-state index contributed by atoms with van der Waals surface area (Å²) in [5.41, 5.74) is 1.48. The summed E-state index contributed by atoms with van der Waals surface area (Å²) in [4.78, 5) is 16.6. The van der Waals surface area contributed by atoms with E-state index in [-0.39, 0.29) is 11.4 Å². The van der Waals surface area contributed by atoms with Crippen LogP contribution in [0.5, 0.6) is 0 Å². The molecule has 0 radical (unpaired) electrons. The van der Waals surface area contributed by atoms with E-state index in [0.717, 1.165) is 50.4 Å². The Kier molecular flexibility index (Phi) is 4.53. The Morgan fingerprint density at radius 2 is 2.00 bits per heavy atom. The standard InChI is InChI=1S/C18H27N5O/c1-4-16-15(12-19)17(21(3)20-16)22-10-11-23(14(2)24)18(13-22)8-6-5-7-9-18/h4-11,13H2,1-3H3. The third-order valence-electron chi connectivity index (χ3n) is 5.65. The van der Waals surface area contributed by atoms with Crippen LogP contribution in [0.3, 0.4) is 0 Å². The molecule has 1 aromatic heterocycles. The number of carbonyl (C=O) groups is 1. The van der Waals surface area contributed by atoms with Crippen molar-refractivity contribution in [2.75, 3.05) is 24.5 Å². The second-order valence-electron chi connectivity index (χ2n) is 7.11. The van der Waals surface area contributed by atoms with Gasteiger partial charge in [-0.2, -0.15) is 10.4 Å². The lowest BCUT2D eigenvalue weighted by Crippen LogP contribution is -2.64. The summed E-state index contributed by atoms with van der Waals surface area (Å²) < 4.78 is 1.84. The zero-order valence-corrected chi connectivity index (χ0v) is 15.0. The number of rotatable bonds is 2. The lowest BCUT2D eigenvalue weighted by molar-refractivity contribution is -0.137. The van der Waals surface area contributed by atoms with E-state index < -0.39 is 0 Å². The van der Waals surface area contributed by atoms with E-state index in [0.29, 0.717) is 5.56 Å². The highest BCUT2D eigenvalue weighted by atomic mass is 16.2. The lowest BCUT2D eigenvalue weighted by atomic mass is 9.78. The molecule has 24 heavy (non-hydrogen) atoms. The zero-order valence-electron chi connectivity index (χ0n) is 15.0. The molecule has 1 spiro atoms. The second kappa shape index (κ2) is 6.46. The molecule has 1 saturated carbocycles. The van der Waals surface area contributed by atoms with Gasteiger partial charge < -0.3 is 9.80 Å². The number of hydrogen-bond acceptors (Lipinski definition) is 4. The van der Waals surface area contributed by atoms with Crippen molar-refractivity contribution in [2.45, 2.75) is 57.9 Å². The minimum atomic E-state index is -0.0777. The molecular formula is C18H27N5O. The number of nitriles is 1. The van der Waals surface area contributed by atoms with Gasteiger partial charge in [0.15, 0.2) is 0 Å². The maximum absolute atomic E-state index is 12.2. The molecular weight excluding hydrogens is 302 g/mol. The zero-order chi connectivity index (χ0) is 17.3. The predicted octanol–water partition coefficient (Wildman–Crippen LogP) is 2.23. The number of amides is 1. The van der Waals surface area contributed by atoms with Crippen LogP contribution in [0.15, 0.2) is 0 Å². The average molecular weight is 329 g/mol. The van der Waals surface area contributed by atoms with Crippen molar-refractivity contribution in [1.82, 2.24) is 14.7 Å². The smallest absolute Gasteiger partial charge is 0.220 e. The van der Waals surface area contributed by atoms with Gasteiger partial charge in [-0.25, -0.2) is 0 Å². The molecule has 1 aromatic rings. The highest BCUT2D eigenvalue weighted by Gasteiger charge is 2.44. The van der Waals surface area contributed by atoms with Crippen LogP contribution in [0.2, 0.25) is 0 Å². The maximum atomic E-state index is 12.2. The van der Waals surface area contributed by atoms with Gasteiger partial charge in [-0.1, -0.05) is 26.2 Å². The summed E-state index contributed by atoms with van der Waals surface area (Å²) in [6.07, 6.45) is 6.48. The molecule has 130 valence electrons. The maximum Gasteiger partial charge on any atom is 0.220 e. The van der Waals surface area contributed by atoms with Crippen LogP contribution in [0.1, 0.15) is 57.2 Å². The Balaban J connectivity index is 1.96. The van der Waals surface area contributed by atoms with Crippen molar-refractivity contribution in [3.05, 3.63) is 11.3 Å². The number of piperazine rings is 1. The van der Waals surface area contributed by atoms with Crippen LogP contribution < -0.4 is 4.90 Å². The van der Waals surface area contributed by atoms with Crippen LogP contribution in [-0.4, -0.2) is 45.8 Å². The molecule has 2 heterocycles. The van der Waals surface area contributed by atoms with Gasteiger partial charge in [0.05, 0.1) is 11.2 Å². The fraction of sp³-hybridized carbons (Fsp3) is 0.722. The van der Waals surface area contributed by atoms with Crippen LogP contribution in [-0.2, 0) is 18.3 Å². The molecule has 1 saturated heterocycles. The SMILES string of the molecule is CCc1nn(C)c(N2CCN(C(C)=O)C3(CCCCC3)C2)c1C#N. The van der Waals surface area contributed by atoms with Gasteiger partial charge in [0, 0.05) is 33.6 Å². The van der Waals surface area contributed by atoms with Crippen molar-refractivity contribution in [3.63, 3.8) is 0 Å². The number of hydrogen-bond donors (Lipinski definition) is 0. The molecule has 3 rings (SSSR count). The van der Waals surface area contributed by atoms with E-state index in [1.807, 2.05) is 18.7 Å². The van der Waals surface area contributed by atoms with E-state index in [1.54, 1.807) is 6.92 Å². The van der Waals surface area contributed by atoms with Gasteiger partial charge in [-0.05, 0) is 19.3 Å². The number of nitrogens with zero attached hydrogens (tertiary/aromatic N) is 5. The Bertz CT molecular complexity index is 666. The van der Waals surface area contributed by atoms with Crippen molar-refractivity contribution in [1.29, 1.82) is 5.26 Å². The fourth-order valence-electron chi connectivity index (χ4n) is 4.58. The number of anilines is 1. The molecule has 6 heteroatoms. The van der Waals surface area contributed by atoms with Crippen LogP contribution >= 0.6 is 0 Å². The highest BCUT2D eigenvalue weighted by molar-refractivity contribution is 5.75. The van der Waals surface area contributed by atoms with Crippen molar-refractivity contribution in [2.24, 2.45) is 7.05 Å². The minimum absolute atomic E-state index is 0.0777. The van der Waals surface area contributed by atoms with E-state index in [9.17, 15) is 10.1 Å². The topological polar surface area (TPSA) is 65.2 Å². The summed E-state index contributed by atoms with van der Waals surface area (Å²) in [6.45, 7) is 6.02. The molecule has 0 atom stereocenters. The third kappa shape index (κ3) is 2.66. The molecule has 1 amide bonds. The van der Waals surface area contributed by atoms with E-state index in [2.05, 4.69) is 21.0 Å².